The zero-order chi connectivity index (χ0) is 12.9. The van der Waals surface area contributed by atoms with Crippen LogP contribution in [0.3, 0.4) is 0 Å². The van der Waals surface area contributed by atoms with Crippen molar-refractivity contribution >= 4 is 0 Å². The van der Waals surface area contributed by atoms with E-state index in [1.165, 1.54) is 64.2 Å². The first kappa shape index (κ1) is 17.0. The van der Waals surface area contributed by atoms with Crippen molar-refractivity contribution in [3.05, 3.63) is 6.92 Å². The minimum atomic E-state index is 0.824. The molecule has 0 rings (SSSR count). The Labute approximate surface area is 111 Å². The van der Waals surface area contributed by atoms with Crippen LogP contribution in [0.25, 0.3) is 0 Å². The van der Waals surface area contributed by atoms with E-state index in [0.717, 1.165) is 18.3 Å². The fourth-order valence-electron chi connectivity index (χ4n) is 2.67. The van der Waals surface area contributed by atoms with Crippen LogP contribution in [0, 0.1) is 18.8 Å². The third-order valence-electron chi connectivity index (χ3n) is 4.21. The zero-order valence-electron chi connectivity index (χ0n) is 12.6. The summed E-state index contributed by atoms with van der Waals surface area (Å²) >= 11 is 0. The maximum atomic E-state index is 4.04. The third-order valence-corrected chi connectivity index (χ3v) is 4.21. The Morgan fingerprint density at radius 3 is 1.82 bits per heavy atom. The second-order valence-corrected chi connectivity index (χ2v) is 5.70. The minimum absolute atomic E-state index is 0.824. The van der Waals surface area contributed by atoms with E-state index in [-0.39, 0.29) is 0 Å². The summed E-state index contributed by atoms with van der Waals surface area (Å²) in [7, 11) is 0. The van der Waals surface area contributed by atoms with Crippen LogP contribution in [0.4, 0.5) is 0 Å². The van der Waals surface area contributed by atoms with Crippen molar-refractivity contribution in [2.75, 3.05) is 0 Å². The smallest absolute Gasteiger partial charge is 0.0391 e. The highest BCUT2D eigenvalue weighted by Crippen LogP contribution is 2.24. The SMILES string of the molecule is [CH2]CC(C)C(CC)CCCCCCCCCC. The minimum Gasteiger partial charge on any atom is -0.0654 e. The summed E-state index contributed by atoms with van der Waals surface area (Å²) < 4.78 is 0. The molecule has 0 spiro atoms. The third kappa shape index (κ3) is 9.68. The molecule has 0 heteroatoms. The Morgan fingerprint density at radius 2 is 1.35 bits per heavy atom. The van der Waals surface area contributed by atoms with Crippen molar-refractivity contribution in [1.82, 2.24) is 0 Å². The van der Waals surface area contributed by atoms with Crippen LogP contribution < -0.4 is 0 Å². The maximum Gasteiger partial charge on any atom is -0.0391 e. The number of unbranched alkanes of at least 4 members (excludes halogenated alkanes) is 7. The highest BCUT2D eigenvalue weighted by atomic mass is 14.2. The summed E-state index contributed by atoms with van der Waals surface area (Å²) in [5, 5.41) is 0. The predicted octanol–water partition coefficient (Wildman–Crippen LogP) is 6.40. The molecule has 0 saturated heterocycles. The van der Waals surface area contributed by atoms with E-state index in [9.17, 15) is 0 Å². The lowest BCUT2D eigenvalue weighted by molar-refractivity contribution is 0.315. The molecule has 1 radical (unpaired) electrons. The second kappa shape index (κ2) is 12.5. The van der Waals surface area contributed by atoms with Gasteiger partial charge in [0.1, 0.15) is 0 Å². The lowest BCUT2D eigenvalue weighted by atomic mass is 9.85. The van der Waals surface area contributed by atoms with Gasteiger partial charge in [-0.1, -0.05) is 98.3 Å². The molecule has 0 heterocycles. The lowest BCUT2D eigenvalue weighted by Gasteiger charge is -2.21. The molecular formula is C17H35. The van der Waals surface area contributed by atoms with E-state index in [2.05, 4.69) is 27.7 Å². The van der Waals surface area contributed by atoms with E-state index in [1.54, 1.807) is 0 Å². The number of rotatable bonds is 12. The Morgan fingerprint density at radius 1 is 0.824 bits per heavy atom. The second-order valence-electron chi connectivity index (χ2n) is 5.70. The molecule has 0 fully saturated rings. The molecule has 0 nitrogen and oxygen atoms in total. The quantitative estimate of drug-likeness (QED) is 0.345. The molecule has 0 aromatic heterocycles. The Kier molecular flexibility index (Phi) is 12.5. The first-order valence-electron chi connectivity index (χ1n) is 8.05. The Hall–Kier alpha value is 0. The van der Waals surface area contributed by atoms with Crippen molar-refractivity contribution in [2.24, 2.45) is 11.8 Å². The zero-order valence-corrected chi connectivity index (χ0v) is 12.6. The van der Waals surface area contributed by atoms with Crippen LogP contribution in [0.5, 0.6) is 0 Å². The van der Waals surface area contributed by atoms with E-state index < -0.39 is 0 Å². The van der Waals surface area contributed by atoms with Gasteiger partial charge in [-0.3, -0.25) is 0 Å². The Balaban J connectivity index is 3.31. The molecular weight excluding hydrogens is 204 g/mol. The van der Waals surface area contributed by atoms with Gasteiger partial charge in [-0.05, 0) is 11.8 Å². The van der Waals surface area contributed by atoms with E-state index >= 15 is 0 Å². The normalized spacial score (nSPS) is 14.8. The monoisotopic (exact) mass is 239 g/mol. The molecule has 0 aromatic carbocycles. The summed E-state index contributed by atoms with van der Waals surface area (Å²) in [6.45, 7) is 11.0. The molecule has 0 bridgehead atoms. The van der Waals surface area contributed by atoms with Crippen molar-refractivity contribution in [3.63, 3.8) is 0 Å². The molecule has 2 atom stereocenters. The number of hydrogen-bond donors (Lipinski definition) is 0. The van der Waals surface area contributed by atoms with Crippen LogP contribution in [0.15, 0.2) is 0 Å². The summed E-state index contributed by atoms with van der Waals surface area (Å²) in [5.74, 6) is 1.75. The maximum absolute atomic E-state index is 4.04. The molecule has 0 aliphatic heterocycles. The van der Waals surface area contributed by atoms with Crippen LogP contribution in [-0.4, -0.2) is 0 Å². The standard InChI is InChI=1S/C17H35/c1-5-8-9-10-11-12-13-14-15-17(7-3)16(4)6-2/h16-17H,2,5-15H2,1,3-4H3. The largest absolute Gasteiger partial charge is 0.0654 e. The highest BCUT2D eigenvalue weighted by molar-refractivity contribution is 4.66. The molecule has 0 aliphatic rings. The van der Waals surface area contributed by atoms with Crippen molar-refractivity contribution in [2.45, 2.75) is 91.4 Å². The summed E-state index contributed by atoms with van der Waals surface area (Å²) in [6.07, 6.45) is 15.4. The molecule has 0 aromatic rings. The van der Waals surface area contributed by atoms with Gasteiger partial charge in [0.05, 0.1) is 0 Å². The highest BCUT2D eigenvalue weighted by Gasteiger charge is 2.12. The first-order valence-corrected chi connectivity index (χ1v) is 8.05. The van der Waals surface area contributed by atoms with Gasteiger partial charge in [-0.2, -0.15) is 0 Å². The summed E-state index contributed by atoms with van der Waals surface area (Å²) in [5.41, 5.74) is 0. The Bertz CT molecular complexity index is 139. The lowest BCUT2D eigenvalue weighted by Crippen LogP contribution is -2.09. The van der Waals surface area contributed by atoms with E-state index in [0.29, 0.717) is 0 Å². The average Bonchev–Trinajstić information content (AvgIpc) is 2.36. The molecule has 17 heavy (non-hydrogen) atoms. The molecule has 2 unspecified atom stereocenters. The predicted molar refractivity (Wildman–Crippen MR) is 80.1 cm³/mol. The van der Waals surface area contributed by atoms with Crippen LogP contribution >= 0.6 is 0 Å². The molecule has 0 aliphatic carbocycles. The molecule has 0 N–H and O–H groups in total. The van der Waals surface area contributed by atoms with E-state index in [4.69, 9.17) is 0 Å². The van der Waals surface area contributed by atoms with Crippen LogP contribution in [0.1, 0.15) is 91.4 Å². The van der Waals surface area contributed by atoms with Crippen molar-refractivity contribution < 1.29 is 0 Å². The number of hydrogen-bond acceptors (Lipinski definition) is 0. The van der Waals surface area contributed by atoms with Gasteiger partial charge in [0.15, 0.2) is 0 Å². The fraction of sp³-hybridized carbons (Fsp3) is 0.941. The van der Waals surface area contributed by atoms with Crippen molar-refractivity contribution in [3.8, 4) is 0 Å². The van der Waals surface area contributed by atoms with Gasteiger partial charge in [-0.25, -0.2) is 0 Å². The molecule has 0 amide bonds. The summed E-state index contributed by atoms with van der Waals surface area (Å²) in [4.78, 5) is 0. The van der Waals surface area contributed by atoms with Crippen LogP contribution in [-0.2, 0) is 0 Å². The fourth-order valence-corrected chi connectivity index (χ4v) is 2.67. The molecule has 0 saturated carbocycles. The van der Waals surface area contributed by atoms with Gasteiger partial charge < -0.3 is 0 Å². The summed E-state index contributed by atoms with van der Waals surface area (Å²) in [6, 6.07) is 0. The van der Waals surface area contributed by atoms with Gasteiger partial charge in [-0.15, -0.1) is 0 Å². The van der Waals surface area contributed by atoms with Gasteiger partial charge in [0.2, 0.25) is 0 Å². The molecule has 103 valence electrons. The van der Waals surface area contributed by atoms with E-state index in [1.807, 2.05) is 0 Å². The van der Waals surface area contributed by atoms with Crippen LogP contribution in [0.2, 0.25) is 0 Å². The van der Waals surface area contributed by atoms with Gasteiger partial charge in [0.25, 0.3) is 0 Å². The first-order chi connectivity index (χ1) is 8.26. The average molecular weight is 239 g/mol. The van der Waals surface area contributed by atoms with Gasteiger partial charge in [0, 0.05) is 0 Å². The topological polar surface area (TPSA) is 0 Å². The van der Waals surface area contributed by atoms with Crippen molar-refractivity contribution in [1.29, 1.82) is 0 Å². The van der Waals surface area contributed by atoms with Gasteiger partial charge >= 0.3 is 0 Å².